The lowest BCUT2D eigenvalue weighted by molar-refractivity contribution is -0.213. The lowest BCUT2D eigenvalue weighted by atomic mass is 9.59. The van der Waals surface area contributed by atoms with E-state index >= 15 is 0 Å². The van der Waals surface area contributed by atoms with E-state index < -0.39 is 12.6 Å². The van der Waals surface area contributed by atoms with Crippen molar-refractivity contribution in [1.82, 2.24) is 0 Å². The summed E-state index contributed by atoms with van der Waals surface area (Å²) in [6, 6.07) is 0. The lowest BCUT2D eigenvalue weighted by Gasteiger charge is -2.53. The van der Waals surface area contributed by atoms with Gasteiger partial charge in [0.2, 0.25) is 0 Å². The standard InChI is InChI=1S/C13H21F3O2/c14-13(15,16)7-8-18-11-9-10(17)12(11)5-3-1-2-4-6-12/h10-11,17H,1-9H2. The Morgan fingerprint density at radius 1 is 1.11 bits per heavy atom. The Morgan fingerprint density at radius 3 is 2.22 bits per heavy atom. The Labute approximate surface area is 106 Å². The fourth-order valence-electron chi connectivity index (χ4n) is 3.32. The second-order valence-electron chi connectivity index (χ2n) is 5.62. The summed E-state index contributed by atoms with van der Waals surface area (Å²) in [5.41, 5.74) is -0.248. The van der Waals surface area contributed by atoms with E-state index in [-0.39, 0.29) is 24.2 Å². The molecule has 0 aromatic heterocycles. The van der Waals surface area contributed by atoms with E-state index in [2.05, 4.69) is 0 Å². The smallest absolute Gasteiger partial charge is 0.391 e. The van der Waals surface area contributed by atoms with Gasteiger partial charge in [-0.1, -0.05) is 25.7 Å². The number of halogens is 3. The molecule has 0 aromatic rings. The van der Waals surface area contributed by atoms with Crippen LogP contribution in [0.1, 0.15) is 51.4 Å². The maximum absolute atomic E-state index is 12.1. The normalized spacial score (nSPS) is 32.0. The quantitative estimate of drug-likeness (QED) is 0.848. The van der Waals surface area contributed by atoms with E-state index in [9.17, 15) is 18.3 Å². The molecule has 2 rings (SSSR count). The van der Waals surface area contributed by atoms with Gasteiger partial charge in [0, 0.05) is 11.8 Å². The van der Waals surface area contributed by atoms with E-state index in [4.69, 9.17) is 4.74 Å². The van der Waals surface area contributed by atoms with Gasteiger partial charge in [0.25, 0.3) is 0 Å². The topological polar surface area (TPSA) is 29.5 Å². The highest BCUT2D eigenvalue weighted by molar-refractivity contribution is 5.04. The highest BCUT2D eigenvalue weighted by atomic mass is 19.4. The van der Waals surface area contributed by atoms with E-state index in [0.717, 1.165) is 38.5 Å². The molecule has 1 N–H and O–H groups in total. The van der Waals surface area contributed by atoms with Crippen molar-refractivity contribution in [3.8, 4) is 0 Å². The summed E-state index contributed by atoms with van der Waals surface area (Å²) in [4.78, 5) is 0. The third-order valence-electron chi connectivity index (χ3n) is 4.48. The van der Waals surface area contributed by atoms with Crippen LogP contribution < -0.4 is 0 Å². The number of rotatable bonds is 3. The predicted molar refractivity (Wildman–Crippen MR) is 61.2 cm³/mol. The molecule has 2 saturated carbocycles. The minimum absolute atomic E-state index is 0.173. The predicted octanol–water partition coefficient (Wildman–Crippen LogP) is 3.43. The molecule has 2 aliphatic rings. The Bertz CT molecular complexity index is 270. The minimum Gasteiger partial charge on any atom is -0.392 e. The molecule has 0 bridgehead atoms. The van der Waals surface area contributed by atoms with Crippen LogP contribution in [0.5, 0.6) is 0 Å². The first-order valence-electron chi connectivity index (χ1n) is 6.80. The molecule has 2 aliphatic carbocycles. The summed E-state index contributed by atoms with van der Waals surface area (Å²) in [7, 11) is 0. The van der Waals surface area contributed by atoms with Crippen LogP contribution in [0.2, 0.25) is 0 Å². The molecule has 2 atom stereocenters. The first-order valence-corrected chi connectivity index (χ1v) is 6.80. The molecule has 106 valence electrons. The van der Waals surface area contributed by atoms with Crippen molar-refractivity contribution in [2.24, 2.45) is 5.41 Å². The van der Waals surface area contributed by atoms with Gasteiger partial charge in [0.05, 0.1) is 25.2 Å². The molecule has 5 heteroatoms. The van der Waals surface area contributed by atoms with Gasteiger partial charge in [-0.3, -0.25) is 0 Å². The zero-order chi connectivity index (χ0) is 13.2. The average Bonchev–Trinajstić information content (AvgIpc) is 2.54. The molecule has 0 aromatic carbocycles. The van der Waals surface area contributed by atoms with Gasteiger partial charge < -0.3 is 9.84 Å². The monoisotopic (exact) mass is 266 g/mol. The molecular formula is C13H21F3O2. The van der Waals surface area contributed by atoms with Crippen LogP contribution in [0.15, 0.2) is 0 Å². The third-order valence-corrected chi connectivity index (χ3v) is 4.48. The Morgan fingerprint density at radius 2 is 1.72 bits per heavy atom. The van der Waals surface area contributed by atoms with Crippen LogP contribution in [0.25, 0.3) is 0 Å². The Balaban J connectivity index is 1.85. The number of hydrogen-bond acceptors (Lipinski definition) is 2. The zero-order valence-corrected chi connectivity index (χ0v) is 10.5. The third kappa shape index (κ3) is 2.99. The Kier molecular flexibility index (Phi) is 4.22. The van der Waals surface area contributed by atoms with Crippen LogP contribution in [-0.2, 0) is 4.74 Å². The van der Waals surface area contributed by atoms with E-state index in [1.807, 2.05) is 0 Å². The van der Waals surface area contributed by atoms with Crippen molar-refractivity contribution in [3.05, 3.63) is 0 Å². The van der Waals surface area contributed by atoms with Crippen molar-refractivity contribution >= 4 is 0 Å². The highest BCUT2D eigenvalue weighted by Crippen LogP contribution is 2.52. The molecule has 2 unspecified atom stereocenters. The molecular weight excluding hydrogens is 245 g/mol. The number of ether oxygens (including phenoxy) is 1. The molecule has 0 aliphatic heterocycles. The van der Waals surface area contributed by atoms with E-state index in [0.29, 0.717) is 6.42 Å². The largest absolute Gasteiger partial charge is 0.392 e. The van der Waals surface area contributed by atoms with Gasteiger partial charge in [-0.2, -0.15) is 13.2 Å². The maximum Gasteiger partial charge on any atom is 0.391 e. The van der Waals surface area contributed by atoms with Gasteiger partial charge in [-0.15, -0.1) is 0 Å². The van der Waals surface area contributed by atoms with Crippen molar-refractivity contribution in [2.45, 2.75) is 69.8 Å². The van der Waals surface area contributed by atoms with Crippen LogP contribution in [0.4, 0.5) is 13.2 Å². The highest BCUT2D eigenvalue weighted by Gasteiger charge is 2.54. The summed E-state index contributed by atoms with van der Waals surface area (Å²) in [6.07, 6.45) is 1.10. The molecule has 0 heterocycles. The summed E-state index contributed by atoms with van der Waals surface area (Å²) >= 11 is 0. The SMILES string of the molecule is OC1CC(OCCC(F)(F)F)C12CCCCCC2. The van der Waals surface area contributed by atoms with Crippen LogP contribution >= 0.6 is 0 Å². The molecule has 0 radical (unpaired) electrons. The average molecular weight is 266 g/mol. The number of hydrogen-bond donors (Lipinski definition) is 1. The molecule has 18 heavy (non-hydrogen) atoms. The number of alkyl halides is 3. The van der Waals surface area contributed by atoms with Gasteiger partial charge in [-0.25, -0.2) is 0 Å². The molecule has 0 saturated heterocycles. The number of aliphatic hydroxyl groups excluding tert-OH is 1. The molecule has 2 fully saturated rings. The van der Waals surface area contributed by atoms with Crippen molar-refractivity contribution in [1.29, 1.82) is 0 Å². The first kappa shape index (κ1) is 14.1. The number of aliphatic hydroxyl groups is 1. The van der Waals surface area contributed by atoms with Crippen molar-refractivity contribution in [2.75, 3.05) is 6.61 Å². The maximum atomic E-state index is 12.1. The van der Waals surface area contributed by atoms with Crippen molar-refractivity contribution < 1.29 is 23.0 Å². The van der Waals surface area contributed by atoms with Crippen LogP contribution in [0.3, 0.4) is 0 Å². The van der Waals surface area contributed by atoms with Gasteiger partial charge in [-0.05, 0) is 12.8 Å². The van der Waals surface area contributed by atoms with Crippen molar-refractivity contribution in [3.63, 3.8) is 0 Å². The fraction of sp³-hybridized carbons (Fsp3) is 1.00. The fourth-order valence-corrected chi connectivity index (χ4v) is 3.32. The van der Waals surface area contributed by atoms with Crippen LogP contribution in [0, 0.1) is 5.41 Å². The van der Waals surface area contributed by atoms with E-state index in [1.165, 1.54) is 0 Å². The molecule has 1 spiro atoms. The van der Waals surface area contributed by atoms with Gasteiger partial charge in [0.15, 0.2) is 0 Å². The van der Waals surface area contributed by atoms with Gasteiger partial charge >= 0.3 is 6.18 Å². The first-order chi connectivity index (χ1) is 8.44. The molecule has 2 nitrogen and oxygen atoms in total. The van der Waals surface area contributed by atoms with E-state index in [1.54, 1.807) is 0 Å². The second kappa shape index (κ2) is 5.37. The van der Waals surface area contributed by atoms with Crippen LogP contribution in [-0.4, -0.2) is 30.1 Å². The summed E-state index contributed by atoms with van der Waals surface area (Å²) < 4.78 is 41.6. The summed E-state index contributed by atoms with van der Waals surface area (Å²) in [5, 5.41) is 9.98. The summed E-state index contributed by atoms with van der Waals surface area (Å²) in [6.45, 7) is -0.275. The summed E-state index contributed by atoms with van der Waals surface area (Å²) in [5.74, 6) is 0. The lowest BCUT2D eigenvalue weighted by Crippen LogP contribution is -2.58. The minimum atomic E-state index is -4.15. The Hall–Kier alpha value is -0.290. The molecule has 0 amide bonds. The van der Waals surface area contributed by atoms with Gasteiger partial charge in [0.1, 0.15) is 0 Å². The second-order valence-corrected chi connectivity index (χ2v) is 5.62. The zero-order valence-electron chi connectivity index (χ0n) is 10.5.